The van der Waals surface area contributed by atoms with Crippen molar-refractivity contribution in [3.05, 3.63) is 90.0 Å². The number of nitrogens with one attached hydrogen (secondary N) is 1. The molecule has 4 aromatic rings. The van der Waals surface area contributed by atoms with Crippen LogP contribution in [-0.2, 0) is 5.60 Å². The van der Waals surface area contributed by atoms with E-state index in [1.807, 2.05) is 60.7 Å². The molecule has 8 heteroatoms. The number of hydrogen-bond acceptors (Lipinski definition) is 3. The Labute approximate surface area is 210 Å². The SMILES string of the molecule is CCOc1ccc2[nH]c(N3CCC(C(O)(c4ccccc4)c4ccccc4)CC3)c(S(F)(F)F)c2c1. The summed E-state index contributed by atoms with van der Waals surface area (Å²) in [5.41, 5.74) is 0.813. The topological polar surface area (TPSA) is 48.5 Å². The quantitative estimate of drug-likeness (QED) is 0.268. The smallest absolute Gasteiger partial charge is 0.241 e. The first-order chi connectivity index (χ1) is 17.3. The predicted molar refractivity (Wildman–Crippen MR) is 139 cm³/mol. The second kappa shape index (κ2) is 9.75. The van der Waals surface area contributed by atoms with Crippen molar-refractivity contribution in [2.75, 3.05) is 24.6 Å². The number of halogens is 3. The summed E-state index contributed by atoms with van der Waals surface area (Å²) in [5, 5.41) is 12.2. The Morgan fingerprint density at radius 1 is 0.944 bits per heavy atom. The molecular weight excluding hydrogens is 485 g/mol. The highest BCUT2D eigenvalue weighted by Crippen LogP contribution is 2.66. The maximum atomic E-state index is 14.3. The minimum Gasteiger partial charge on any atom is -0.494 e. The molecule has 1 saturated heterocycles. The Kier molecular flexibility index (Phi) is 6.66. The Hall–Kier alpha value is -3.10. The fourth-order valence-electron chi connectivity index (χ4n) is 5.39. The molecule has 3 aromatic carbocycles. The van der Waals surface area contributed by atoms with Crippen LogP contribution in [-0.4, -0.2) is 29.8 Å². The molecule has 5 rings (SSSR count). The summed E-state index contributed by atoms with van der Waals surface area (Å²) in [6.07, 6.45) is 1.10. The number of anilines is 1. The number of fused-ring (bicyclic) bond motifs is 1. The van der Waals surface area contributed by atoms with Crippen LogP contribution in [0.5, 0.6) is 5.75 Å². The van der Waals surface area contributed by atoms with Gasteiger partial charge in [-0.15, -0.1) is 11.7 Å². The molecule has 1 aromatic heterocycles. The van der Waals surface area contributed by atoms with Crippen molar-refractivity contribution in [1.82, 2.24) is 4.98 Å². The molecule has 1 aliphatic rings. The lowest BCUT2D eigenvalue weighted by molar-refractivity contribution is 0.00497. The van der Waals surface area contributed by atoms with Crippen LogP contribution in [0.25, 0.3) is 10.9 Å². The molecule has 1 aliphatic heterocycles. The maximum Gasteiger partial charge on any atom is 0.241 e. The highest BCUT2D eigenvalue weighted by atomic mass is 32.3. The number of hydrogen-bond donors (Lipinski definition) is 2. The first kappa shape index (κ1) is 24.6. The van der Waals surface area contributed by atoms with Crippen LogP contribution >= 0.6 is 11.2 Å². The van der Waals surface area contributed by atoms with Crippen molar-refractivity contribution in [1.29, 1.82) is 0 Å². The molecule has 1 fully saturated rings. The monoisotopic (exact) mass is 514 g/mol. The van der Waals surface area contributed by atoms with Gasteiger partial charge >= 0.3 is 0 Å². The van der Waals surface area contributed by atoms with Crippen LogP contribution in [0.4, 0.5) is 17.5 Å². The number of ether oxygens (including phenoxy) is 1. The summed E-state index contributed by atoms with van der Waals surface area (Å²) >= 11 is -5.50. The molecule has 0 atom stereocenters. The number of aliphatic hydroxyl groups is 1. The third kappa shape index (κ3) is 4.44. The van der Waals surface area contributed by atoms with Crippen molar-refractivity contribution >= 4 is 27.9 Å². The van der Waals surface area contributed by atoms with E-state index in [4.69, 9.17) is 4.74 Å². The highest BCUT2D eigenvalue weighted by molar-refractivity contribution is 8.21. The Balaban J connectivity index is 1.47. The third-order valence-electron chi connectivity index (χ3n) is 7.08. The molecule has 4 nitrogen and oxygen atoms in total. The summed E-state index contributed by atoms with van der Waals surface area (Å²) in [4.78, 5) is 4.23. The van der Waals surface area contributed by atoms with Crippen molar-refractivity contribution in [3.63, 3.8) is 0 Å². The second-order valence-electron chi connectivity index (χ2n) is 9.11. The van der Waals surface area contributed by atoms with Crippen LogP contribution in [0.15, 0.2) is 83.8 Å². The van der Waals surface area contributed by atoms with Crippen molar-refractivity contribution in [3.8, 4) is 5.75 Å². The molecule has 190 valence electrons. The van der Waals surface area contributed by atoms with E-state index in [0.717, 1.165) is 11.1 Å². The lowest BCUT2D eigenvalue weighted by atomic mass is 9.72. The first-order valence-electron chi connectivity index (χ1n) is 12.1. The van der Waals surface area contributed by atoms with E-state index in [2.05, 4.69) is 4.98 Å². The highest BCUT2D eigenvalue weighted by Gasteiger charge is 2.43. The molecule has 0 spiro atoms. The summed E-state index contributed by atoms with van der Waals surface area (Å²) in [6, 6.07) is 23.9. The standard InChI is InChI=1S/C28H29F3N2O2S/c1-2-35-23-13-14-25-24(19-23)26(36(29,30)31)27(32-25)33-17-15-22(16-18-33)28(34,20-9-5-3-6-10-20)21-11-7-4-8-12-21/h3-14,19,22,32,34H,2,15-18H2,1H3. The van der Waals surface area contributed by atoms with E-state index in [1.165, 1.54) is 6.07 Å². The average molecular weight is 515 g/mol. The van der Waals surface area contributed by atoms with Crippen LogP contribution in [0.1, 0.15) is 30.9 Å². The minimum atomic E-state index is -5.50. The van der Waals surface area contributed by atoms with Gasteiger partial charge in [0, 0.05) is 24.0 Å². The Morgan fingerprint density at radius 2 is 1.53 bits per heavy atom. The molecule has 0 saturated carbocycles. The molecule has 2 N–H and O–H groups in total. The lowest BCUT2D eigenvalue weighted by Gasteiger charge is -2.43. The number of nitrogens with zero attached hydrogens (tertiary/aromatic N) is 1. The van der Waals surface area contributed by atoms with Crippen LogP contribution in [0.2, 0.25) is 0 Å². The zero-order chi connectivity index (χ0) is 25.3. The van der Waals surface area contributed by atoms with Crippen molar-refractivity contribution < 1.29 is 21.5 Å². The molecular formula is C28H29F3N2O2S. The summed E-state index contributed by atoms with van der Waals surface area (Å²) in [5.74, 6) is 0.395. The normalized spacial score (nSPS) is 15.9. The molecule has 36 heavy (non-hydrogen) atoms. The number of benzene rings is 3. The maximum absolute atomic E-state index is 14.3. The van der Waals surface area contributed by atoms with Crippen molar-refractivity contribution in [2.24, 2.45) is 5.92 Å². The summed E-state index contributed by atoms with van der Waals surface area (Å²) < 4.78 is 48.5. The number of aromatic nitrogens is 1. The van der Waals surface area contributed by atoms with Crippen LogP contribution in [0, 0.1) is 5.92 Å². The Morgan fingerprint density at radius 3 is 2.06 bits per heavy atom. The van der Waals surface area contributed by atoms with E-state index in [0.29, 0.717) is 43.8 Å². The second-order valence-corrected chi connectivity index (χ2v) is 10.3. The van der Waals surface area contributed by atoms with Gasteiger partial charge in [-0.05, 0) is 55.0 Å². The van der Waals surface area contributed by atoms with E-state index >= 15 is 0 Å². The molecule has 0 bridgehead atoms. The van der Waals surface area contributed by atoms with E-state index in [1.54, 1.807) is 24.0 Å². The van der Waals surface area contributed by atoms with Gasteiger partial charge in [-0.2, -0.15) is 0 Å². The first-order valence-corrected chi connectivity index (χ1v) is 13.4. The fourth-order valence-corrected chi connectivity index (χ4v) is 6.21. The molecule has 0 amide bonds. The van der Waals surface area contributed by atoms with Crippen LogP contribution in [0.3, 0.4) is 0 Å². The van der Waals surface area contributed by atoms with E-state index in [-0.39, 0.29) is 17.1 Å². The van der Waals surface area contributed by atoms with E-state index in [9.17, 15) is 16.8 Å². The van der Waals surface area contributed by atoms with Gasteiger partial charge in [0.2, 0.25) is 11.2 Å². The number of H-pyrrole nitrogens is 1. The van der Waals surface area contributed by atoms with Gasteiger partial charge < -0.3 is 19.7 Å². The zero-order valence-electron chi connectivity index (χ0n) is 20.0. The van der Waals surface area contributed by atoms with Gasteiger partial charge in [0.1, 0.15) is 22.1 Å². The number of rotatable bonds is 7. The minimum absolute atomic E-state index is 0.113. The Bertz CT molecular complexity index is 1280. The molecule has 0 unspecified atom stereocenters. The molecule has 0 radical (unpaired) electrons. The summed E-state index contributed by atoms with van der Waals surface area (Å²) in [7, 11) is 0. The number of piperidine rings is 1. The van der Waals surface area contributed by atoms with Gasteiger partial charge in [0.15, 0.2) is 0 Å². The zero-order valence-corrected chi connectivity index (χ0v) is 20.8. The average Bonchev–Trinajstić information content (AvgIpc) is 3.29. The largest absolute Gasteiger partial charge is 0.494 e. The van der Waals surface area contributed by atoms with Gasteiger partial charge in [-0.1, -0.05) is 60.7 Å². The van der Waals surface area contributed by atoms with Gasteiger partial charge in [0.25, 0.3) is 0 Å². The van der Waals surface area contributed by atoms with Gasteiger partial charge in [0.05, 0.1) is 6.61 Å². The van der Waals surface area contributed by atoms with Crippen molar-refractivity contribution in [2.45, 2.75) is 30.3 Å². The van der Waals surface area contributed by atoms with Gasteiger partial charge in [-0.3, -0.25) is 0 Å². The lowest BCUT2D eigenvalue weighted by Crippen LogP contribution is -2.44. The number of aromatic amines is 1. The van der Waals surface area contributed by atoms with E-state index < -0.39 is 21.7 Å². The molecule has 0 aliphatic carbocycles. The fraction of sp³-hybridized carbons (Fsp3) is 0.286. The van der Waals surface area contributed by atoms with Gasteiger partial charge in [-0.25, -0.2) is 0 Å². The predicted octanol–water partition coefficient (Wildman–Crippen LogP) is 7.54. The summed E-state index contributed by atoms with van der Waals surface area (Å²) in [6.45, 7) is 3.00. The molecule has 2 heterocycles. The third-order valence-corrected chi connectivity index (χ3v) is 7.95. The van der Waals surface area contributed by atoms with Crippen LogP contribution < -0.4 is 9.64 Å².